The first-order chi connectivity index (χ1) is 24.2. The van der Waals surface area contributed by atoms with E-state index in [1.807, 2.05) is 60.7 Å². The molecule has 0 atom stereocenters. The van der Waals surface area contributed by atoms with Crippen molar-refractivity contribution >= 4 is 21.8 Å². The molecule has 0 bridgehead atoms. The van der Waals surface area contributed by atoms with Gasteiger partial charge in [-0.3, -0.25) is 0 Å². The van der Waals surface area contributed by atoms with Gasteiger partial charge in [-0.1, -0.05) is 112 Å². The molecule has 0 saturated carbocycles. The van der Waals surface area contributed by atoms with Gasteiger partial charge in [-0.05, 0) is 64.1 Å². The van der Waals surface area contributed by atoms with Crippen LogP contribution in [0.2, 0.25) is 0 Å². The van der Waals surface area contributed by atoms with Crippen molar-refractivity contribution in [3.05, 3.63) is 125 Å². The standard InChI is InChI=1S/C40H43N3O6S.H2O/c1-4-5-6-7-8-9-10-37-41-40(42-43(37)27-29-11-15-31(16-12-29)33-19-23-35(24-20-33)38(44)48-2)50(46,47)28-30-13-17-32(18-14-30)34-21-25-36(26-22-34)39(45)49-3;/h11-26H,4-10,27-28H2,1-3H3;1H2. The van der Waals surface area contributed by atoms with E-state index < -0.39 is 15.8 Å². The number of ether oxygens (including phenoxy) is 2. The number of carbonyl (C=O) groups excluding carboxylic acids is 2. The highest BCUT2D eigenvalue weighted by molar-refractivity contribution is 7.90. The molecule has 0 aliphatic heterocycles. The number of hydrogen-bond donors (Lipinski definition) is 0. The van der Waals surface area contributed by atoms with Crippen LogP contribution in [0.4, 0.5) is 0 Å². The molecule has 5 aromatic rings. The maximum absolute atomic E-state index is 13.6. The molecule has 11 heteroatoms. The van der Waals surface area contributed by atoms with E-state index in [4.69, 9.17) is 9.47 Å². The lowest BCUT2D eigenvalue weighted by molar-refractivity contribution is 0.0592. The summed E-state index contributed by atoms with van der Waals surface area (Å²) in [6, 6.07) is 29.6. The summed E-state index contributed by atoms with van der Waals surface area (Å²) in [5.41, 5.74) is 6.30. The van der Waals surface area contributed by atoms with Crippen molar-refractivity contribution in [3.8, 4) is 22.3 Å². The summed E-state index contributed by atoms with van der Waals surface area (Å²) in [6.07, 6.45) is 7.33. The van der Waals surface area contributed by atoms with Gasteiger partial charge in [0.1, 0.15) is 5.82 Å². The fourth-order valence-corrected chi connectivity index (χ4v) is 6.97. The van der Waals surface area contributed by atoms with Gasteiger partial charge in [-0.15, -0.1) is 5.10 Å². The Morgan fingerprint density at radius 2 is 1.06 bits per heavy atom. The van der Waals surface area contributed by atoms with E-state index in [9.17, 15) is 18.0 Å². The van der Waals surface area contributed by atoms with Crippen molar-refractivity contribution in [2.45, 2.75) is 69.3 Å². The number of benzene rings is 4. The first kappa shape index (κ1) is 38.7. The lowest BCUT2D eigenvalue weighted by atomic mass is 10.0. The number of sulfone groups is 1. The number of methoxy groups -OCH3 is 2. The highest BCUT2D eigenvalue weighted by Crippen LogP contribution is 2.24. The zero-order chi connectivity index (χ0) is 35.5. The lowest BCUT2D eigenvalue weighted by Gasteiger charge is -2.08. The van der Waals surface area contributed by atoms with Crippen LogP contribution in [0, 0.1) is 0 Å². The second-order valence-electron chi connectivity index (χ2n) is 12.3. The van der Waals surface area contributed by atoms with Crippen LogP contribution < -0.4 is 0 Å². The Morgan fingerprint density at radius 1 is 0.627 bits per heavy atom. The third-order valence-corrected chi connectivity index (χ3v) is 10.1. The molecule has 0 saturated heterocycles. The van der Waals surface area contributed by atoms with Crippen molar-refractivity contribution < 1.29 is 33.0 Å². The Hall–Kier alpha value is -5.13. The normalized spacial score (nSPS) is 11.1. The fraction of sp³-hybridized carbons (Fsp3) is 0.300. The summed E-state index contributed by atoms with van der Waals surface area (Å²) in [5.74, 6) is -0.343. The Bertz CT molecular complexity index is 1990. The van der Waals surface area contributed by atoms with Gasteiger partial charge in [0.2, 0.25) is 9.84 Å². The highest BCUT2D eigenvalue weighted by Gasteiger charge is 2.24. The Labute approximate surface area is 299 Å². The Kier molecular flexibility index (Phi) is 13.8. The van der Waals surface area contributed by atoms with Crippen molar-refractivity contribution in [3.63, 3.8) is 0 Å². The molecule has 0 fully saturated rings. The minimum Gasteiger partial charge on any atom is -0.465 e. The molecule has 10 nitrogen and oxygen atoms in total. The maximum atomic E-state index is 13.6. The molecule has 0 amide bonds. The molecule has 0 radical (unpaired) electrons. The van der Waals surface area contributed by atoms with Crippen LogP contribution in [0.25, 0.3) is 22.3 Å². The van der Waals surface area contributed by atoms with Gasteiger partial charge in [-0.2, -0.15) is 0 Å². The monoisotopic (exact) mass is 711 g/mol. The molecule has 2 N–H and O–H groups in total. The van der Waals surface area contributed by atoms with Gasteiger partial charge in [-0.25, -0.2) is 27.7 Å². The minimum atomic E-state index is -3.83. The third kappa shape index (κ3) is 10.2. The van der Waals surface area contributed by atoms with E-state index in [0.29, 0.717) is 35.5 Å². The first-order valence-corrected chi connectivity index (χ1v) is 18.6. The molecule has 1 aromatic heterocycles. The average Bonchev–Trinajstić information content (AvgIpc) is 3.56. The van der Waals surface area contributed by atoms with Gasteiger partial charge in [0.15, 0.2) is 0 Å². The second kappa shape index (κ2) is 18.2. The lowest BCUT2D eigenvalue weighted by Crippen LogP contribution is -2.09. The zero-order valence-corrected chi connectivity index (χ0v) is 30.1. The predicted molar refractivity (Wildman–Crippen MR) is 197 cm³/mol. The number of unbranched alkanes of at least 4 members (excludes halogenated alkanes) is 5. The van der Waals surface area contributed by atoms with Crippen LogP contribution in [0.3, 0.4) is 0 Å². The maximum Gasteiger partial charge on any atom is 0.337 e. The van der Waals surface area contributed by atoms with Crippen molar-refractivity contribution in [1.82, 2.24) is 14.8 Å². The van der Waals surface area contributed by atoms with Crippen LogP contribution in [-0.4, -0.2) is 54.8 Å². The Morgan fingerprint density at radius 3 is 1.53 bits per heavy atom. The smallest absolute Gasteiger partial charge is 0.337 e. The number of carbonyl (C=O) groups is 2. The van der Waals surface area contributed by atoms with E-state index in [0.717, 1.165) is 47.1 Å². The number of hydrogen-bond acceptors (Lipinski definition) is 8. The SMILES string of the molecule is CCCCCCCCc1nc(S(=O)(=O)Cc2ccc(-c3ccc(C(=O)OC)cc3)cc2)nn1Cc1ccc(-c2ccc(C(=O)OC)cc2)cc1.O. The number of aromatic nitrogens is 3. The fourth-order valence-electron chi connectivity index (χ4n) is 5.74. The molecule has 5 rings (SSSR count). The quantitative estimate of drug-likeness (QED) is 0.0766. The van der Waals surface area contributed by atoms with Crippen LogP contribution >= 0.6 is 0 Å². The van der Waals surface area contributed by atoms with Gasteiger partial charge < -0.3 is 14.9 Å². The van der Waals surface area contributed by atoms with Crippen LogP contribution in [0.5, 0.6) is 0 Å². The Balaban J connectivity index is 0.00000583. The van der Waals surface area contributed by atoms with Crippen LogP contribution in [0.1, 0.15) is 83.1 Å². The number of esters is 2. The second-order valence-corrected chi connectivity index (χ2v) is 14.2. The zero-order valence-electron chi connectivity index (χ0n) is 29.3. The minimum absolute atomic E-state index is 0. The third-order valence-electron chi connectivity index (χ3n) is 8.64. The number of aryl methyl sites for hydroxylation is 1. The van der Waals surface area contributed by atoms with Gasteiger partial charge in [0.05, 0.1) is 37.6 Å². The van der Waals surface area contributed by atoms with Gasteiger partial charge in [0.25, 0.3) is 5.16 Å². The van der Waals surface area contributed by atoms with Crippen molar-refractivity contribution in [2.24, 2.45) is 0 Å². The predicted octanol–water partition coefficient (Wildman–Crippen LogP) is 7.29. The van der Waals surface area contributed by atoms with Gasteiger partial charge in [0, 0.05) is 6.42 Å². The van der Waals surface area contributed by atoms with E-state index in [1.165, 1.54) is 33.5 Å². The van der Waals surface area contributed by atoms with Gasteiger partial charge >= 0.3 is 11.9 Å². The van der Waals surface area contributed by atoms with E-state index >= 15 is 0 Å². The number of rotatable bonds is 16. The first-order valence-electron chi connectivity index (χ1n) is 16.9. The van der Waals surface area contributed by atoms with E-state index in [-0.39, 0.29) is 22.4 Å². The summed E-state index contributed by atoms with van der Waals surface area (Å²) in [6.45, 7) is 2.58. The molecule has 0 unspecified atom stereocenters. The molecule has 268 valence electrons. The summed E-state index contributed by atoms with van der Waals surface area (Å²) in [7, 11) is -1.12. The number of nitrogens with zero attached hydrogens (tertiary/aromatic N) is 3. The summed E-state index contributed by atoms with van der Waals surface area (Å²) in [4.78, 5) is 28.1. The molecule has 0 aliphatic rings. The highest BCUT2D eigenvalue weighted by atomic mass is 32.2. The van der Waals surface area contributed by atoms with Crippen molar-refractivity contribution in [1.29, 1.82) is 0 Å². The van der Waals surface area contributed by atoms with E-state index in [1.54, 1.807) is 41.1 Å². The largest absolute Gasteiger partial charge is 0.465 e. The average molecular weight is 712 g/mol. The molecule has 4 aromatic carbocycles. The molecular weight excluding hydrogens is 667 g/mol. The van der Waals surface area contributed by atoms with E-state index in [2.05, 4.69) is 17.0 Å². The summed E-state index contributed by atoms with van der Waals surface area (Å²) in [5, 5.41) is 4.38. The topological polar surface area (TPSA) is 149 Å². The molecule has 1 heterocycles. The van der Waals surface area contributed by atoms with Crippen molar-refractivity contribution in [2.75, 3.05) is 14.2 Å². The molecule has 51 heavy (non-hydrogen) atoms. The summed E-state index contributed by atoms with van der Waals surface area (Å²) < 4.78 is 38.5. The molecule has 0 spiro atoms. The summed E-state index contributed by atoms with van der Waals surface area (Å²) >= 11 is 0. The van der Waals surface area contributed by atoms with Crippen LogP contribution in [-0.2, 0) is 38.0 Å². The molecular formula is C40H45N3O7S. The van der Waals surface area contributed by atoms with Crippen LogP contribution in [0.15, 0.2) is 102 Å². The molecule has 0 aliphatic carbocycles.